The first-order valence-electron chi connectivity index (χ1n) is 7.34. The van der Waals surface area contributed by atoms with Crippen molar-refractivity contribution in [1.29, 1.82) is 0 Å². The lowest BCUT2D eigenvalue weighted by Gasteiger charge is -2.35. The van der Waals surface area contributed by atoms with Gasteiger partial charge in [-0.1, -0.05) is 0 Å². The Morgan fingerprint density at radius 3 is 2.67 bits per heavy atom. The molecule has 2 aliphatic rings. The lowest BCUT2D eigenvalue weighted by molar-refractivity contribution is 0.0895. The van der Waals surface area contributed by atoms with Crippen LogP contribution in [0.1, 0.15) is 36.0 Å². The van der Waals surface area contributed by atoms with Crippen LogP contribution in [0.25, 0.3) is 0 Å². The molecule has 0 spiro atoms. The van der Waals surface area contributed by atoms with E-state index in [1.165, 1.54) is 6.42 Å². The van der Waals surface area contributed by atoms with E-state index >= 15 is 0 Å². The fourth-order valence-electron chi connectivity index (χ4n) is 3.34. The molecule has 2 unspecified atom stereocenters. The Morgan fingerprint density at radius 2 is 1.95 bits per heavy atom. The Hall–Kier alpha value is -1.69. The zero-order chi connectivity index (χ0) is 15.0. The molecule has 0 aliphatic carbocycles. The van der Waals surface area contributed by atoms with Gasteiger partial charge >= 0.3 is 0 Å². The van der Waals surface area contributed by atoms with Gasteiger partial charge in [-0.05, 0) is 44.4 Å². The summed E-state index contributed by atoms with van der Waals surface area (Å²) in [6.45, 7) is 2.11. The quantitative estimate of drug-likeness (QED) is 0.819. The number of halogens is 2. The SMILES string of the molecule is Nc1c(F)cc(C(=O)NC2CCN3CCCC3C2)cc1F. The minimum Gasteiger partial charge on any atom is -0.394 e. The van der Waals surface area contributed by atoms with Crippen molar-refractivity contribution in [3.8, 4) is 0 Å². The summed E-state index contributed by atoms with van der Waals surface area (Å²) in [6, 6.07) is 2.57. The second-order valence-corrected chi connectivity index (χ2v) is 5.88. The number of nitrogen functional groups attached to an aromatic ring is 1. The van der Waals surface area contributed by atoms with E-state index in [0.717, 1.165) is 44.5 Å². The first-order chi connectivity index (χ1) is 10.0. The van der Waals surface area contributed by atoms with Crippen LogP contribution in [0.4, 0.5) is 14.5 Å². The third-order valence-corrected chi connectivity index (χ3v) is 4.50. The second kappa shape index (κ2) is 5.60. The number of nitrogens with zero attached hydrogens (tertiary/aromatic N) is 1. The number of carbonyl (C=O) groups excluding carboxylic acids is 1. The number of rotatable bonds is 2. The fourth-order valence-corrected chi connectivity index (χ4v) is 3.34. The van der Waals surface area contributed by atoms with Crippen molar-refractivity contribution < 1.29 is 13.6 Å². The van der Waals surface area contributed by atoms with Gasteiger partial charge in [-0.3, -0.25) is 4.79 Å². The molecular formula is C15H19F2N3O. The summed E-state index contributed by atoms with van der Waals surface area (Å²) in [5, 5.41) is 2.88. The van der Waals surface area contributed by atoms with Crippen LogP contribution in [-0.4, -0.2) is 36.0 Å². The summed E-state index contributed by atoms with van der Waals surface area (Å²) in [6.07, 6.45) is 4.16. The molecular weight excluding hydrogens is 276 g/mol. The van der Waals surface area contributed by atoms with E-state index in [1.54, 1.807) is 0 Å². The number of hydrogen-bond acceptors (Lipinski definition) is 3. The van der Waals surface area contributed by atoms with E-state index in [0.29, 0.717) is 6.04 Å². The summed E-state index contributed by atoms with van der Waals surface area (Å²) in [4.78, 5) is 14.6. The van der Waals surface area contributed by atoms with Gasteiger partial charge in [0.15, 0.2) is 0 Å². The highest BCUT2D eigenvalue weighted by Gasteiger charge is 2.32. The first-order valence-corrected chi connectivity index (χ1v) is 7.34. The summed E-state index contributed by atoms with van der Waals surface area (Å²) < 4.78 is 26.8. The summed E-state index contributed by atoms with van der Waals surface area (Å²) in [7, 11) is 0. The molecule has 2 heterocycles. The molecule has 2 aliphatic heterocycles. The molecule has 0 aromatic heterocycles. The molecule has 2 fully saturated rings. The van der Waals surface area contributed by atoms with Crippen molar-refractivity contribution in [1.82, 2.24) is 10.2 Å². The van der Waals surface area contributed by atoms with Crippen LogP contribution in [0.3, 0.4) is 0 Å². The molecule has 1 aromatic rings. The van der Waals surface area contributed by atoms with Gasteiger partial charge in [0.1, 0.15) is 17.3 Å². The van der Waals surface area contributed by atoms with Crippen molar-refractivity contribution in [3.63, 3.8) is 0 Å². The predicted octanol–water partition coefficient (Wildman–Crippen LogP) is 1.90. The highest BCUT2D eigenvalue weighted by Crippen LogP contribution is 2.27. The zero-order valence-corrected chi connectivity index (χ0v) is 11.7. The minimum atomic E-state index is -0.897. The maximum absolute atomic E-state index is 13.4. The van der Waals surface area contributed by atoms with Crippen LogP contribution in [0.5, 0.6) is 0 Å². The lowest BCUT2D eigenvalue weighted by Crippen LogP contribution is -2.47. The smallest absolute Gasteiger partial charge is 0.251 e. The van der Waals surface area contributed by atoms with Crippen molar-refractivity contribution >= 4 is 11.6 Å². The van der Waals surface area contributed by atoms with Gasteiger partial charge in [-0.15, -0.1) is 0 Å². The number of nitrogens with one attached hydrogen (secondary N) is 1. The van der Waals surface area contributed by atoms with Gasteiger partial charge in [-0.25, -0.2) is 8.78 Å². The van der Waals surface area contributed by atoms with Crippen molar-refractivity contribution in [2.45, 2.75) is 37.8 Å². The van der Waals surface area contributed by atoms with E-state index in [-0.39, 0.29) is 11.6 Å². The summed E-state index contributed by atoms with van der Waals surface area (Å²) >= 11 is 0. The number of anilines is 1. The number of benzene rings is 1. The van der Waals surface area contributed by atoms with E-state index in [9.17, 15) is 13.6 Å². The van der Waals surface area contributed by atoms with Crippen LogP contribution in [0, 0.1) is 11.6 Å². The molecule has 114 valence electrons. The first kappa shape index (κ1) is 14.3. The molecule has 3 rings (SSSR count). The minimum absolute atomic E-state index is 0.0203. The van der Waals surface area contributed by atoms with Gasteiger partial charge in [0.2, 0.25) is 0 Å². The maximum atomic E-state index is 13.4. The largest absolute Gasteiger partial charge is 0.394 e. The van der Waals surface area contributed by atoms with Crippen LogP contribution < -0.4 is 11.1 Å². The number of fused-ring (bicyclic) bond motifs is 1. The molecule has 1 amide bonds. The summed E-state index contributed by atoms with van der Waals surface area (Å²) in [5.41, 5.74) is 4.64. The molecule has 6 heteroatoms. The molecule has 2 atom stereocenters. The normalized spacial score (nSPS) is 25.6. The van der Waals surface area contributed by atoms with E-state index < -0.39 is 23.2 Å². The number of amides is 1. The van der Waals surface area contributed by atoms with Crippen molar-refractivity contribution in [2.24, 2.45) is 0 Å². The van der Waals surface area contributed by atoms with Crippen LogP contribution in [0.2, 0.25) is 0 Å². The van der Waals surface area contributed by atoms with Gasteiger partial charge in [0, 0.05) is 24.2 Å². The van der Waals surface area contributed by atoms with E-state index in [1.807, 2.05) is 0 Å². The third kappa shape index (κ3) is 2.85. The molecule has 0 radical (unpaired) electrons. The van der Waals surface area contributed by atoms with Gasteiger partial charge in [0.25, 0.3) is 5.91 Å². The Kier molecular flexibility index (Phi) is 3.80. The Bertz CT molecular complexity index is 541. The zero-order valence-electron chi connectivity index (χ0n) is 11.7. The van der Waals surface area contributed by atoms with E-state index in [4.69, 9.17) is 5.73 Å². The average molecular weight is 295 g/mol. The second-order valence-electron chi connectivity index (χ2n) is 5.88. The molecule has 3 N–H and O–H groups in total. The highest BCUT2D eigenvalue weighted by molar-refractivity contribution is 5.94. The van der Waals surface area contributed by atoms with Crippen molar-refractivity contribution in [3.05, 3.63) is 29.3 Å². The van der Waals surface area contributed by atoms with Gasteiger partial charge in [0.05, 0.1) is 0 Å². The number of nitrogens with two attached hydrogens (primary N) is 1. The van der Waals surface area contributed by atoms with Gasteiger partial charge in [-0.2, -0.15) is 0 Å². The average Bonchev–Trinajstić information content (AvgIpc) is 2.91. The third-order valence-electron chi connectivity index (χ3n) is 4.50. The number of hydrogen-bond donors (Lipinski definition) is 2. The van der Waals surface area contributed by atoms with Gasteiger partial charge < -0.3 is 16.0 Å². The van der Waals surface area contributed by atoms with Crippen molar-refractivity contribution in [2.75, 3.05) is 18.8 Å². The predicted molar refractivity (Wildman–Crippen MR) is 75.9 cm³/mol. The Labute approximate surface area is 122 Å². The molecule has 0 saturated carbocycles. The molecule has 21 heavy (non-hydrogen) atoms. The van der Waals surface area contributed by atoms with E-state index in [2.05, 4.69) is 10.2 Å². The maximum Gasteiger partial charge on any atom is 0.251 e. The highest BCUT2D eigenvalue weighted by atomic mass is 19.1. The van der Waals surface area contributed by atoms with Crippen LogP contribution >= 0.6 is 0 Å². The lowest BCUT2D eigenvalue weighted by atomic mass is 9.97. The monoisotopic (exact) mass is 295 g/mol. The molecule has 1 aromatic carbocycles. The number of carbonyl (C=O) groups is 1. The fraction of sp³-hybridized carbons (Fsp3) is 0.533. The molecule has 4 nitrogen and oxygen atoms in total. The summed E-state index contributed by atoms with van der Waals surface area (Å²) in [5.74, 6) is -2.24. The topological polar surface area (TPSA) is 58.4 Å². The molecule has 0 bridgehead atoms. The Morgan fingerprint density at radius 1 is 1.24 bits per heavy atom. The van der Waals surface area contributed by atoms with Crippen LogP contribution in [0.15, 0.2) is 12.1 Å². The molecule has 2 saturated heterocycles. The number of piperidine rings is 1. The Balaban J connectivity index is 1.66. The van der Waals surface area contributed by atoms with Crippen LogP contribution in [-0.2, 0) is 0 Å². The standard InChI is InChI=1S/C15H19F2N3O/c16-12-6-9(7-13(17)14(12)18)15(21)19-10-3-5-20-4-1-2-11(20)8-10/h6-7,10-11H,1-5,8,18H2,(H,19,21).